The molecule has 0 aliphatic heterocycles. The third-order valence-electron chi connectivity index (χ3n) is 7.37. The molecular formula is C31H30F2N10O8S2. The van der Waals surface area contributed by atoms with Crippen LogP contribution in [-0.4, -0.2) is 86.7 Å². The van der Waals surface area contributed by atoms with Crippen molar-refractivity contribution in [3.8, 4) is 0 Å². The van der Waals surface area contributed by atoms with Gasteiger partial charge in [0.2, 0.25) is 0 Å². The molecule has 2 N–H and O–H groups in total. The first-order chi connectivity index (χ1) is 24.9. The number of aromatic carboxylic acids is 1. The van der Waals surface area contributed by atoms with Gasteiger partial charge in [0.1, 0.15) is 17.3 Å². The fourth-order valence-corrected chi connectivity index (χ4v) is 7.40. The molecule has 0 radical (unpaired) electrons. The minimum absolute atomic E-state index is 0.0779. The number of para-hydroxylation sites is 2. The highest BCUT2D eigenvalue weighted by Gasteiger charge is 2.33. The molecule has 0 aliphatic carbocycles. The van der Waals surface area contributed by atoms with E-state index >= 15 is 0 Å². The number of hydrogen-bond acceptors (Lipinski definition) is 13. The molecule has 0 unspecified atom stereocenters. The average molecular weight is 773 g/mol. The second kappa shape index (κ2) is 14.5. The summed E-state index contributed by atoms with van der Waals surface area (Å²) < 4.78 is 89.5. The summed E-state index contributed by atoms with van der Waals surface area (Å²) in [6.07, 6.45) is 0. The minimum atomic E-state index is -4.43. The highest BCUT2D eigenvalue weighted by molar-refractivity contribution is 7.92. The highest BCUT2D eigenvalue weighted by atomic mass is 32.2. The fourth-order valence-electron chi connectivity index (χ4n) is 5.10. The second-order valence-corrected chi connectivity index (χ2v) is 14.5. The number of rotatable bonds is 9. The molecule has 0 saturated heterocycles. The van der Waals surface area contributed by atoms with Crippen molar-refractivity contribution in [2.24, 2.45) is 0 Å². The Kier molecular flexibility index (Phi) is 10.4. The average Bonchev–Trinajstić information content (AvgIpc) is 3.73. The molecule has 0 atom stereocenters. The van der Waals surface area contributed by atoms with Crippen LogP contribution in [0.1, 0.15) is 50.4 Å². The van der Waals surface area contributed by atoms with Gasteiger partial charge in [-0.05, 0) is 71.0 Å². The lowest BCUT2D eigenvalue weighted by molar-refractivity contribution is 0.0600. The molecule has 0 saturated carbocycles. The summed E-state index contributed by atoms with van der Waals surface area (Å²) in [5.41, 5.74) is 0.659. The Bertz CT molecular complexity index is 2650. The number of benzene rings is 2. The van der Waals surface area contributed by atoms with E-state index in [0.29, 0.717) is 27.1 Å². The van der Waals surface area contributed by atoms with Crippen LogP contribution in [0, 0.1) is 39.3 Å². The Morgan fingerprint density at radius 3 is 1.85 bits per heavy atom. The maximum absolute atomic E-state index is 14.4. The van der Waals surface area contributed by atoms with Crippen LogP contribution in [0.3, 0.4) is 0 Å². The van der Waals surface area contributed by atoms with Crippen LogP contribution < -0.4 is 9.03 Å². The number of ether oxygens (including phenoxy) is 1. The molecule has 0 aliphatic rings. The topological polar surface area (TPSA) is 233 Å². The van der Waals surface area contributed by atoms with E-state index in [1.54, 1.807) is 39.8 Å². The lowest BCUT2D eigenvalue weighted by Gasteiger charge is -2.23. The summed E-state index contributed by atoms with van der Waals surface area (Å²) in [5, 5.41) is 16.0. The molecule has 278 valence electrons. The Balaban J connectivity index is 0.000000204. The number of aryl methyl sites for hydroxylation is 4. The van der Waals surface area contributed by atoms with Crippen LogP contribution in [0.25, 0.3) is 11.6 Å². The second-order valence-electron chi connectivity index (χ2n) is 11.2. The van der Waals surface area contributed by atoms with Crippen molar-refractivity contribution in [3.05, 3.63) is 94.1 Å². The van der Waals surface area contributed by atoms with Gasteiger partial charge in [-0.3, -0.25) is 9.03 Å². The maximum Gasteiger partial charge on any atom is 0.340 e. The number of sulfonamides is 2. The number of carboxylic acids is 1. The summed E-state index contributed by atoms with van der Waals surface area (Å²) in [7, 11) is -7.70. The van der Waals surface area contributed by atoms with Gasteiger partial charge in [-0.25, -0.2) is 37.4 Å². The monoisotopic (exact) mass is 772 g/mol. The largest absolute Gasteiger partial charge is 0.478 e. The number of carboxylic acid groups (broad SMARTS) is 1. The van der Waals surface area contributed by atoms with Gasteiger partial charge in [-0.1, -0.05) is 12.1 Å². The molecule has 0 amide bonds. The first kappa shape index (κ1) is 38.1. The molecule has 0 spiro atoms. The lowest BCUT2D eigenvalue weighted by Crippen LogP contribution is -2.33. The van der Waals surface area contributed by atoms with Gasteiger partial charge in [0, 0.05) is 29.3 Å². The van der Waals surface area contributed by atoms with Crippen molar-refractivity contribution in [2.75, 3.05) is 22.7 Å². The first-order valence-electron chi connectivity index (χ1n) is 15.3. The van der Waals surface area contributed by atoms with E-state index in [4.69, 9.17) is 0 Å². The number of nitrogens with zero attached hydrogens (tertiary/aromatic N) is 9. The molecule has 0 fully saturated rings. The van der Waals surface area contributed by atoms with Crippen molar-refractivity contribution < 1.29 is 45.0 Å². The van der Waals surface area contributed by atoms with Crippen LogP contribution in [0.2, 0.25) is 0 Å². The normalized spacial score (nSPS) is 11.6. The van der Waals surface area contributed by atoms with Crippen LogP contribution in [0.15, 0.2) is 58.8 Å². The van der Waals surface area contributed by atoms with Crippen LogP contribution in [-0.2, 0) is 24.8 Å². The Morgan fingerprint density at radius 1 is 0.811 bits per heavy atom. The molecular weight excluding hydrogens is 743 g/mol. The molecule has 6 rings (SSSR count). The van der Waals surface area contributed by atoms with Crippen molar-refractivity contribution in [3.63, 3.8) is 0 Å². The molecule has 22 heteroatoms. The van der Waals surface area contributed by atoms with Crippen molar-refractivity contribution in [1.82, 2.24) is 39.2 Å². The number of anilines is 2. The molecule has 53 heavy (non-hydrogen) atoms. The van der Waals surface area contributed by atoms with Gasteiger partial charge in [0.05, 0.1) is 23.9 Å². The number of carbonyl (C=O) groups is 2. The number of carbonyl (C=O) groups excluding carboxylic acids is 1. The molecule has 0 bridgehead atoms. The van der Waals surface area contributed by atoms with Gasteiger partial charge >= 0.3 is 22.0 Å². The summed E-state index contributed by atoms with van der Waals surface area (Å²) >= 11 is 0. The molecule has 6 aromatic rings. The van der Waals surface area contributed by atoms with Gasteiger partial charge in [0.25, 0.3) is 31.9 Å². The molecule has 4 heterocycles. The third kappa shape index (κ3) is 7.44. The van der Waals surface area contributed by atoms with Gasteiger partial charge in [-0.2, -0.15) is 26.8 Å². The van der Waals surface area contributed by atoms with Crippen molar-refractivity contribution in [2.45, 2.75) is 44.9 Å². The zero-order valence-corrected chi connectivity index (χ0v) is 30.4. The Labute approximate surface area is 300 Å². The van der Waals surface area contributed by atoms with Gasteiger partial charge < -0.3 is 9.84 Å². The van der Waals surface area contributed by atoms with Crippen LogP contribution in [0.5, 0.6) is 0 Å². The fraction of sp³-hybridized carbons (Fsp3) is 0.226. The smallest absolute Gasteiger partial charge is 0.340 e. The van der Waals surface area contributed by atoms with Crippen molar-refractivity contribution in [1.29, 1.82) is 0 Å². The SMILES string of the molecule is CCN(c1c(F)cccc1C(=O)O)S(=O)(=O)c1nc2nc(C)cc(C)n2n1.COC(=O)c1cccc(F)c1NS(=O)(=O)c1nc2nc(C)cc(C)n2n1. The maximum atomic E-state index is 14.4. The number of nitrogens with one attached hydrogen (secondary N) is 1. The third-order valence-corrected chi connectivity index (χ3v) is 10.2. The van der Waals surface area contributed by atoms with Gasteiger partial charge in [0.15, 0.2) is 0 Å². The number of aromatic nitrogens is 8. The first-order valence-corrected chi connectivity index (χ1v) is 18.2. The number of hydrogen-bond donors (Lipinski definition) is 2. The number of esters is 1. The quantitative estimate of drug-likeness (QED) is 0.201. The van der Waals surface area contributed by atoms with E-state index in [9.17, 15) is 40.3 Å². The zero-order valence-electron chi connectivity index (χ0n) is 28.7. The van der Waals surface area contributed by atoms with E-state index in [-0.39, 0.29) is 23.7 Å². The summed E-state index contributed by atoms with van der Waals surface area (Å²) in [6.45, 7) is 8.13. The Morgan fingerprint density at radius 2 is 1.32 bits per heavy atom. The highest BCUT2D eigenvalue weighted by Crippen LogP contribution is 2.29. The summed E-state index contributed by atoms with van der Waals surface area (Å²) in [5.74, 6) is -4.09. The zero-order chi connectivity index (χ0) is 39.0. The van der Waals surface area contributed by atoms with Crippen LogP contribution >= 0.6 is 0 Å². The predicted molar refractivity (Wildman–Crippen MR) is 183 cm³/mol. The van der Waals surface area contributed by atoms with E-state index in [1.807, 2.05) is 4.72 Å². The van der Waals surface area contributed by atoms with Crippen LogP contribution in [0.4, 0.5) is 20.2 Å². The van der Waals surface area contributed by atoms with Crippen molar-refractivity contribution >= 4 is 54.9 Å². The minimum Gasteiger partial charge on any atom is -0.478 e. The summed E-state index contributed by atoms with van der Waals surface area (Å²) in [6, 6.07) is 10.2. The number of methoxy groups -OCH3 is 1. The van der Waals surface area contributed by atoms with E-state index in [0.717, 1.165) is 25.3 Å². The lowest BCUT2D eigenvalue weighted by atomic mass is 10.1. The predicted octanol–water partition coefficient (Wildman–Crippen LogP) is 3.26. The molecule has 18 nitrogen and oxygen atoms in total. The molecule has 4 aromatic heterocycles. The standard InChI is InChI=1S/C16H16FN5O4S.C15H14FN5O4S/c1-4-21(13-11(14(23)24)6-5-7-12(13)17)27(25,26)16-19-15-18-9(2)8-10(3)22(15)20-16;1-8-7-9(2)21-14(17-8)18-15(19-21)26(23,24)20-12-10(13(22)25-3)5-4-6-11(12)16/h5-8H,4H2,1-3H3,(H,23,24);4-7,20H,1-3H3. The number of fused-ring (bicyclic) bond motifs is 2. The van der Waals surface area contributed by atoms with E-state index in [2.05, 4.69) is 34.9 Å². The van der Waals surface area contributed by atoms with E-state index in [1.165, 1.54) is 34.2 Å². The van der Waals surface area contributed by atoms with E-state index < -0.39 is 70.9 Å². The Hall–Kier alpha value is -6.16. The molecule has 2 aromatic carbocycles. The number of halogens is 2. The summed E-state index contributed by atoms with van der Waals surface area (Å²) in [4.78, 5) is 39.3. The van der Waals surface area contributed by atoms with Gasteiger partial charge in [-0.15, -0.1) is 10.2 Å².